The van der Waals surface area contributed by atoms with Crippen LogP contribution in [0.3, 0.4) is 0 Å². The largest absolute Gasteiger partial charge is 0.486 e. The molecule has 1 aromatic heterocycles. The second kappa shape index (κ2) is 12.2. The van der Waals surface area contributed by atoms with E-state index in [9.17, 15) is 19.2 Å². The molecule has 12 heteroatoms. The minimum Gasteiger partial charge on any atom is -0.486 e. The number of ether oxygens (including phenoxy) is 4. The molecule has 214 valence electrons. The number of fused-ring (bicyclic) bond motifs is 1. The monoisotopic (exact) mass is 554 g/mol. The minimum atomic E-state index is -1.25. The van der Waals surface area contributed by atoms with Gasteiger partial charge in [-0.25, -0.2) is 14.4 Å². The van der Waals surface area contributed by atoms with Crippen LogP contribution >= 0.6 is 0 Å². The van der Waals surface area contributed by atoms with Gasteiger partial charge in [-0.3, -0.25) is 15.1 Å². The summed E-state index contributed by atoms with van der Waals surface area (Å²) >= 11 is 0. The molecule has 2 aliphatic rings. The molecule has 2 aliphatic heterocycles. The summed E-state index contributed by atoms with van der Waals surface area (Å²) in [5, 5.41) is 4.72. The van der Waals surface area contributed by atoms with Crippen LogP contribution in [0, 0.1) is 0 Å². The highest BCUT2D eigenvalue weighted by Crippen LogP contribution is 2.33. The summed E-state index contributed by atoms with van der Waals surface area (Å²) in [6.45, 7) is 8.59. The van der Waals surface area contributed by atoms with E-state index in [1.54, 1.807) is 41.4 Å². The molecule has 0 aliphatic carbocycles. The van der Waals surface area contributed by atoms with Gasteiger partial charge in [-0.1, -0.05) is 0 Å². The number of imide groups is 1. The van der Waals surface area contributed by atoms with Gasteiger partial charge in [0.15, 0.2) is 17.6 Å². The molecule has 4 rings (SSSR count). The predicted molar refractivity (Wildman–Crippen MR) is 143 cm³/mol. The van der Waals surface area contributed by atoms with Gasteiger partial charge in [0.25, 0.3) is 5.91 Å². The van der Waals surface area contributed by atoms with Crippen molar-refractivity contribution in [2.75, 3.05) is 31.6 Å². The number of pyridine rings is 1. The van der Waals surface area contributed by atoms with Crippen LogP contribution in [-0.4, -0.2) is 71.9 Å². The molecule has 1 unspecified atom stereocenters. The van der Waals surface area contributed by atoms with Gasteiger partial charge in [0.05, 0.1) is 11.3 Å². The molecule has 0 saturated carbocycles. The summed E-state index contributed by atoms with van der Waals surface area (Å²) < 4.78 is 21.8. The fraction of sp³-hybridized carbons (Fsp3) is 0.464. The van der Waals surface area contributed by atoms with Crippen molar-refractivity contribution in [2.45, 2.75) is 58.2 Å². The van der Waals surface area contributed by atoms with E-state index in [-0.39, 0.29) is 17.6 Å². The smallest absolute Gasteiger partial charge is 0.410 e. The Morgan fingerprint density at radius 3 is 2.45 bits per heavy atom. The van der Waals surface area contributed by atoms with Gasteiger partial charge in [-0.05, 0) is 64.8 Å². The van der Waals surface area contributed by atoms with Gasteiger partial charge in [0, 0.05) is 37.0 Å². The zero-order valence-corrected chi connectivity index (χ0v) is 23.0. The van der Waals surface area contributed by atoms with Gasteiger partial charge in [0.2, 0.25) is 0 Å². The molecule has 0 spiro atoms. The van der Waals surface area contributed by atoms with E-state index >= 15 is 0 Å². The molecule has 0 radical (unpaired) electrons. The van der Waals surface area contributed by atoms with Crippen molar-refractivity contribution < 1.29 is 38.1 Å². The summed E-state index contributed by atoms with van der Waals surface area (Å²) in [4.78, 5) is 56.4. The molecule has 3 heterocycles. The predicted octanol–water partition coefficient (Wildman–Crippen LogP) is 3.86. The molecule has 2 N–H and O–H groups in total. The number of amides is 4. The summed E-state index contributed by atoms with van der Waals surface area (Å²) in [6.07, 6.45) is 1.15. The average molecular weight is 555 g/mol. The summed E-state index contributed by atoms with van der Waals surface area (Å²) in [6, 6.07) is 7.27. The number of urea groups is 1. The van der Waals surface area contributed by atoms with E-state index in [2.05, 4.69) is 15.6 Å². The number of carbonyl (C=O) groups excluding carboxylic acids is 4. The SMILES string of the molecule is CC(OC(=O)c1cccnc1C1CCN(C(=O)OC(C)(C)C)CC1)C(=O)NC(=O)Nc1ccc2c(c1)OCCO2. The fourth-order valence-electron chi connectivity index (χ4n) is 4.35. The van der Waals surface area contributed by atoms with Gasteiger partial charge in [0.1, 0.15) is 18.8 Å². The van der Waals surface area contributed by atoms with Crippen molar-refractivity contribution in [3.63, 3.8) is 0 Å². The Kier molecular flexibility index (Phi) is 8.76. The highest BCUT2D eigenvalue weighted by atomic mass is 16.6. The van der Waals surface area contributed by atoms with E-state index in [0.717, 1.165) is 0 Å². The first kappa shape index (κ1) is 28.7. The number of benzene rings is 1. The third-order valence-corrected chi connectivity index (χ3v) is 6.28. The minimum absolute atomic E-state index is 0.0802. The van der Waals surface area contributed by atoms with Crippen LogP contribution in [0.2, 0.25) is 0 Å². The standard InChI is InChI=1S/C28H34N4O8/c1-17(24(33)31-26(35)30-19-7-8-21-22(16-19)38-15-14-37-21)39-25(34)20-6-5-11-29-23(20)18-9-12-32(13-10-18)27(36)40-28(2,3)4/h5-8,11,16-18H,9-10,12-15H2,1-4H3,(H2,30,31,33,35). The number of esters is 1. The van der Waals surface area contributed by atoms with Crippen molar-refractivity contribution in [1.82, 2.24) is 15.2 Å². The number of hydrogen-bond donors (Lipinski definition) is 2. The van der Waals surface area contributed by atoms with Crippen molar-refractivity contribution in [3.05, 3.63) is 47.8 Å². The average Bonchev–Trinajstić information content (AvgIpc) is 2.92. The number of piperidine rings is 1. The zero-order chi connectivity index (χ0) is 28.9. The molecule has 40 heavy (non-hydrogen) atoms. The number of anilines is 1. The first-order valence-electron chi connectivity index (χ1n) is 13.2. The number of rotatable bonds is 5. The van der Waals surface area contributed by atoms with Crippen molar-refractivity contribution >= 4 is 29.7 Å². The Bertz CT molecular complexity index is 1270. The van der Waals surface area contributed by atoms with Crippen LogP contribution in [0.15, 0.2) is 36.5 Å². The highest BCUT2D eigenvalue weighted by molar-refractivity contribution is 6.03. The molecular weight excluding hydrogens is 520 g/mol. The van der Waals surface area contributed by atoms with Crippen LogP contribution in [-0.2, 0) is 14.3 Å². The number of nitrogens with zero attached hydrogens (tertiary/aromatic N) is 2. The third kappa shape index (κ3) is 7.39. The lowest BCUT2D eigenvalue weighted by atomic mass is 9.90. The third-order valence-electron chi connectivity index (χ3n) is 6.28. The van der Waals surface area contributed by atoms with Gasteiger partial charge >= 0.3 is 18.1 Å². The topological polar surface area (TPSA) is 145 Å². The zero-order valence-electron chi connectivity index (χ0n) is 23.0. The van der Waals surface area contributed by atoms with E-state index in [0.29, 0.717) is 62.0 Å². The van der Waals surface area contributed by atoms with E-state index in [4.69, 9.17) is 18.9 Å². The fourth-order valence-corrected chi connectivity index (χ4v) is 4.35. The lowest BCUT2D eigenvalue weighted by Crippen LogP contribution is -2.42. The number of nitrogens with one attached hydrogen (secondary N) is 2. The van der Waals surface area contributed by atoms with E-state index < -0.39 is 29.6 Å². The number of carbonyl (C=O) groups is 4. The van der Waals surface area contributed by atoms with Crippen LogP contribution < -0.4 is 20.1 Å². The first-order chi connectivity index (χ1) is 19.0. The van der Waals surface area contributed by atoms with E-state index in [1.807, 2.05) is 20.8 Å². The van der Waals surface area contributed by atoms with Crippen molar-refractivity contribution in [1.29, 1.82) is 0 Å². The second-order valence-electron chi connectivity index (χ2n) is 10.5. The Hall–Kier alpha value is -4.35. The van der Waals surface area contributed by atoms with Gasteiger partial charge in [-0.2, -0.15) is 0 Å². The van der Waals surface area contributed by atoms with Gasteiger partial charge < -0.3 is 29.2 Å². The molecule has 12 nitrogen and oxygen atoms in total. The van der Waals surface area contributed by atoms with E-state index in [1.165, 1.54) is 6.92 Å². The maximum absolute atomic E-state index is 13.0. The van der Waals surface area contributed by atoms with Crippen LogP contribution in [0.25, 0.3) is 0 Å². The summed E-state index contributed by atoms with van der Waals surface area (Å²) in [5.41, 5.74) is 0.594. The Morgan fingerprint density at radius 2 is 1.75 bits per heavy atom. The molecule has 1 aromatic carbocycles. The molecule has 1 atom stereocenters. The first-order valence-corrected chi connectivity index (χ1v) is 13.2. The molecular formula is C28H34N4O8. The van der Waals surface area contributed by atoms with Crippen molar-refractivity contribution in [2.24, 2.45) is 0 Å². The Morgan fingerprint density at radius 1 is 1.05 bits per heavy atom. The highest BCUT2D eigenvalue weighted by Gasteiger charge is 2.31. The normalized spacial score (nSPS) is 15.9. The molecule has 0 bridgehead atoms. The maximum atomic E-state index is 13.0. The maximum Gasteiger partial charge on any atom is 0.410 e. The Balaban J connectivity index is 1.31. The number of hydrogen-bond acceptors (Lipinski definition) is 9. The lowest BCUT2D eigenvalue weighted by molar-refractivity contribution is -0.127. The molecule has 4 amide bonds. The van der Waals surface area contributed by atoms with Crippen LogP contribution in [0.4, 0.5) is 15.3 Å². The number of aromatic nitrogens is 1. The molecule has 2 aromatic rings. The summed E-state index contributed by atoms with van der Waals surface area (Å²) in [7, 11) is 0. The molecule has 1 fully saturated rings. The summed E-state index contributed by atoms with van der Waals surface area (Å²) in [5.74, 6) is -0.548. The van der Waals surface area contributed by atoms with Gasteiger partial charge in [-0.15, -0.1) is 0 Å². The quantitative estimate of drug-likeness (QED) is 0.526. The molecule has 1 saturated heterocycles. The van der Waals surface area contributed by atoms with Crippen LogP contribution in [0.5, 0.6) is 11.5 Å². The van der Waals surface area contributed by atoms with Crippen LogP contribution in [0.1, 0.15) is 62.5 Å². The number of likely N-dealkylation sites (tertiary alicyclic amines) is 1. The lowest BCUT2D eigenvalue weighted by Gasteiger charge is -2.33. The Labute approximate surface area is 232 Å². The van der Waals surface area contributed by atoms with Crippen molar-refractivity contribution in [3.8, 4) is 11.5 Å². The second-order valence-corrected chi connectivity index (χ2v) is 10.5.